The number of aromatic nitrogens is 1. The van der Waals surface area contributed by atoms with Gasteiger partial charge in [0.1, 0.15) is 5.56 Å². The van der Waals surface area contributed by atoms with E-state index >= 15 is 0 Å². The molecule has 0 amide bonds. The van der Waals surface area contributed by atoms with Gasteiger partial charge in [0.25, 0.3) is 0 Å². The second kappa shape index (κ2) is 5.58. The monoisotopic (exact) mass is 288 g/mol. The van der Waals surface area contributed by atoms with Gasteiger partial charge in [-0.2, -0.15) is 0 Å². The quantitative estimate of drug-likeness (QED) is 0.685. The molecule has 7 nitrogen and oxygen atoms in total. The van der Waals surface area contributed by atoms with E-state index in [1.165, 1.54) is 24.3 Å². The highest BCUT2D eigenvalue weighted by Gasteiger charge is 2.21. The lowest BCUT2D eigenvalue weighted by atomic mass is 10.2. The molecule has 0 aliphatic rings. The summed E-state index contributed by atoms with van der Waals surface area (Å²) in [6, 6.07) is 7.34. The lowest BCUT2D eigenvalue weighted by Crippen LogP contribution is -2.04. The van der Waals surface area contributed by atoms with Crippen molar-refractivity contribution >= 4 is 11.7 Å². The summed E-state index contributed by atoms with van der Waals surface area (Å²) in [6.45, 7) is 3.31. The first-order chi connectivity index (χ1) is 9.90. The van der Waals surface area contributed by atoms with Crippen LogP contribution >= 0.6 is 0 Å². The minimum atomic E-state index is -1.21. The van der Waals surface area contributed by atoms with Crippen LogP contribution in [0.15, 0.2) is 30.3 Å². The number of carboxylic acids is 1. The Morgan fingerprint density at radius 2 is 2.00 bits per heavy atom. The topological polar surface area (TPSA) is 103 Å². The Kier molecular flexibility index (Phi) is 3.84. The molecule has 2 rings (SSSR count). The maximum absolute atomic E-state index is 11.2. The molecule has 21 heavy (non-hydrogen) atoms. The number of hydrogen-bond acceptors (Lipinski definition) is 5. The molecular formula is C14H12N2O5. The maximum Gasteiger partial charge on any atom is 0.341 e. The van der Waals surface area contributed by atoms with Crippen LogP contribution < -0.4 is 4.74 Å². The van der Waals surface area contributed by atoms with Crippen molar-refractivity contribution in [2.24, 2.45) is 0 Å². The fraction of sp³-hybridized carbons (Fsp3) is 0.143. The van der Waals surface area contributed by atoms with E-state index < -0.39 is 10.9 Å². The van der Waals surface area contributed by atoms with E-state index in [1.54, 1.807) is 19.9 Å². The first-order valence-corrected chi connectivity index (χ1v) is 6.03. The number of carboxylic acid groups (broad SMARTS) is 1. The number of rotatable bonds is 4. The minimum Gasteiger partial charge on any atom is -0.477 e. The summed E-state index contributed by atoms with van der Waals surface area (Å²) in [5, 5.41) is 20.2. The van der Waals surface area contributed by atoms with Crippen molar-refractivity contribution in [3.8, 4) is 11.6 Å². The highest BCUT2D eigenvalue weighted by atomic mass is 16.6. The van der Waals surface area contributed by atoms with Gasteiger partial charge in [-0.1, -0.05) is 12.1 Å². The molecule has 1 N–H and O–H groups in total. The number of nitrogens with zero attached hydrogens (tertiary/aromatic N) is 2. The number of para-hydroxylation sites is 1. The van der Waals surface area contributed by atoms with Gasteiger partial charge >= 0.3 is 11.7 Å². The van der Waals surface area contributed by atoms with Gasteiger partial charge in [-0.3, -0.25) is 10.1 Å². The molecule has 7 heteroatoms. The van der Waals surface area contributed by atoms with Gasteiger partial charge in [-0.05, 0) is 31.5 Å². The van der Waals surface area contributed by atoms with Gasteiger partial charge in [0.2, 0.25) is 11.6 Å². The molecule has 108 valence electrons. The number of pyridine rings is 1. The predicted molar refractivity (Wildman–Crippen MR) is 73.8 cm³/mol. The fourth-order valence-electron chi connectivity index (χ4n) is 1.78. The van der Waals surface area contributed by atoms with E-state index in [-0.39, 0.29) is 22.9 Å². The van der Waals surface area contributed by atoms with Gasteiger partial charge in [-0.25, -0.2) is 9.78 Å². The Morgan fingerprint density at radius 3 is 2.62 bits per heavy atom. The number of nitro groups is 1. The lowest BCUT2D eigenvalue weighted by molar-refractivity contribution is -0.385. The number of carbonyl (C=O) groups is 1. The van der Waals surface area contributed by atoms with Crippen LogP contribution in [0.25, 0.3) is 0 Å². The van der Waals surface area contributed by atoms with Crippen LogP contribution in [0.2, 0.25) is 0 Å². The van der Waals surface area contributed by atoms with Crippen LogP contribution in [-0.2, 0) is 0 Å². The van der Waals surface area contributed by atoms with Crippen LogP contribution in [0.3, 0.4) is 0 Å². The summed E-state index contributed by atoms with van der Waals surface area (Å²) in [5.41, 5.74) is 0.669. The molecule has 0 fully saturated rings. The second-order valence-corrected chi connectivity index (χ2v) is 4.39. The zero-order chi connectivity index (χ0) is 15.6. The minimum absolute atomic E-state index is 0.0110. The van der Waals surface area contributed by atoms with E-state index in [0.29, 0.717) is 11.3 Å². The third kappa shape index (κ3) is 2.97. The fourth-order valence-corrected chi connectivity index (χ4v) is 1.78. The van der Waals surface area contributed by atoms with Crippen LogP contribution in [0.4, 0.5) is 5.69 Å². The van der Waals surface area contributed by atoms with E-state index in [2.05, 4.69) is 4.98 Å². The molecule has 0 unspecified atom stereocenters. The SMILES string of the molecule is Cc1ccc(C(=O)O)c(Oc2c(C)cccc2[N+](=O)[O-])n1. The van der Waals surface area contributed by atoms with Crippen molar-refractivity contribution in [2.45, 2.75) is 13.8 Å². The Balaban J connectivity index is 2.55. The molecule has 0 spiro atoms. The Hall–Kier alpha value is -2.96. The van der Waals surface area contributed by atoms with Crippen molar-refractivity contribution in [1.82, 2.24) is 4.98 Å². The molecule has 0 saturated heterocycles. The van der Waals surface area contributed by atoms with E-state index in [4.69, 9.17) is 9.84 Å². The first kappa shape index (κ1) is 14.4. The smallest absolute Gasteiger partial charge is 0.341 e. The highest BCUT2D eigenvalue weighted by molar-refractivity contribution is 5.90. The van der Waals surface area contributed by atoms with E-state index in [1.807, 2.05) is 0 Å². The number of aromatic carboxylic acids is 1. The molecule has 0 aliphatic carbocycles. The number of aryl methyl sites for hydroxylation is 2. The zero-order valence-corrected chi connectivity index (χ0v) is 11.4. The summed E-state index contributed by atoms with van der Waals surface area (Å²) in [5.74, 6) is -1.39. The summed E-state index contributed by atoms with van der Waals surface area (Å²) < 4.78 is 5.44. The molecular weight excluding hydrogens is 276 g/mol. The predicted octanol–water partition coefficient (Wildman–Crippen LogP) is 3.10. The molecule has 0 atom stereocenters. The third-order valence-corrected chi connectivity index (χ3v) is 2.82. The van der Waals surface area contributed by atoms with Crippen molar-refractivity contribution in [1.29, 1.82) is 0 Å². The summed E-state index contributed by atoms with van der Waals surface area (Å²) >= 11 is 0. The van der Waals surface area contributed by atoms with Crippen LogP contribution in [-0.4, -0.2) is 21.0 Å². The van der Waals surface area contributed by atoms with E-state index in [0.717, 1.165) is 0 Å². The molecule has 0 bridgehead atoms. The maximum atomic E-state index is 11.2. The van der Waals surface area contributed by atoms with Gasteiger partial charge in [0.15, 0.2) is 0 Å². The molecule has 2 aromatic rings. The van der Waals surface area contributed by atoms with Crippen molar-refractivity contribution in [3.63, 3.8) is 0 Å². The van der Waals surface area contributed by atoms with Crippen molar-refractivity contribution in [3.05, 3.63) is 57.3 Å². The van der Waals surface area contributed by atoms with Crippen LogP contribution in [0.1, 0.15) is 21.6 Å². The normalized spacial score (nSPS) is 10.2. The molecule has 1 aromatic carbocycles. The Labute approximate surface area is 120 Å². The van der Waals surface area contributed by atoms with Gasteiger partial charge in [-0.15, -0.1) is 0 Å². The first-order valence-electron chi connectivity index (χ1n) is 6.03. The van der Waals surface area contributed by atoms with Gasteiger partial charge in [0, 0.05) is 11.8 Å². The Bertz CT molecular complexity index is 727. The van der Waals surface area contributed by atoms with Gasteiger partial charge < -0.3 is 9.84 Å². The standard InChI is InChI=1S/C14H12N2O5/c1-8-4-3-5-11(16(19)20)12(8)21-13-10(14(17)18)7-6-9(2)15-13/h3-7H,1-2H3,(H,17,18). The summed E-state index contributed by atoms with van der Waals surface area (Å²) in [7, 11) is 0. The van der Waals surface area contributed by atoms with E-state index in [9.17, 15) is 14.9 Å². The van der Waals surface area contributed by atoms with Crippen LogP contribution in [0.5, 0.6) is 11.6 Å². The number of benzene rings is 1. The van der Waals surface area contributed by atoms with Crippen molar-refractivity contribution < 1.29 is 19.6 Å². The molecule has 1 aromatic heterocycles. The summed E-state index contributed by atoms with van der Waals surface area (Å²) in [4.78, 5) is 25.6. The van der Waals surface area contributed by atoms with Crippen LogP contribution in [0, 0.1) is 24.0 Å². The second-order valence-electron chi connectivity index (χ2n) is 4.39. The Morgan fingerprint density at radius 1 is 1.29 bits per heavy atom. The number of nitro benzene ring substituents is 1. The number of ether oxygens (including phenoxy) is 1. The number of hydrogen-bond donors (Lipinski definition) is 1. The lowest BCUT2D eigenvalue weighted by Gasteiger charge is -2.10. The molecule has 0 saturated carbocycles. The highest BCUT2D eigenvalue weighted by Crippen LogP contribution is 2.34. The zero-order valence-electron chi connectivity index (χ0n) is 11.4. The average Bonchev–Trinajstić information content (AvgIpc) is 2.40. The molecule has 1 heterocycles. The third-order valence-electron chi connectivity index (χ3n) is 2.82. The van der Waals surface area contributed by atoms with Crippen molar-refractivity contribution in [2.75, 3.05) is 0 Å². The molecule has 0 aliphatic heterocycles. The summed E-state index contributed by atoms with van der Waals surface area (Å²) in [6.07, 6.45) is 0. The largest absolute Gasteiger partial charge is 0.477 e. The molecule has 0 radical (unpaired) electrons. The average molecular weight is 288 g/mol. The van der Waals surface area contributed by atoms with Gasteiger partial charge in [0.05, 0.1) is 4.92 Å².